The zero-order chi connectivity index (χ0) is 18.4. The standard InChI is InChI=1S/C18H23N3O3S/c1-14-9-15(2)11-17(10-14)20-18(22)6-8-21(25(3,23)24)13-16-5-4-7-19-12-16/h4-5,7,9-12H,6,8,13H2,1-3H3,(H,20,22). The Balaban J connectivity index is 1.99. The van der Waals surface area contributed by atoms with Crippen LogP contribution in [0.1, 0.15) is 23.1 Å². The predicted molar refractivity (Wildman–Crippen MR) is 98.7 cm³/mol. The molecule has 0 bridgehead atoms. The zero-order valence-corrected chi connectivity index (χ0v) is 15.5. The van der Waals surface area contributed by atoms with Crippen LogP contribution in [0.2, 0.25) is 0 Å². The van der Waals surface area contributed by atoms with Crippen LogP contribution in [0, 0.1) is 13.8 Å². The van der Waals surface area contributed by atoms with Gasteiger partial charge in [-0.2, -0.15) is 4.31 Å². The van der Waals surface area contributed by atoms with Gasteiger partial charge >= 0.3 is 0 Å². The number of pyridine rings is 1. The van der Waals surface area contributed by atoms with Crippen LogP contribution in [0.15, 0.2) is 42.7 Å². The van der Waals surface area contributed by atoms with E-state index in [2.05, 4.69) is 10.3 Å². The Morgan fingerprint density at radius 1 is 1.20 bits per heavy atom. The van der Waals surface area contributed by atoms with E-state index in [-0.39, 0.29) is 25.4 Å². The molecular weight excluding hydrogens is 338 g/mol. The Bertz CT molecular complexity index is 816. The van der Waals surface area contributed by atoms with Gasteiger partial charge in [0.15, 0.2) is 0 Å². The highest BCUT2D eigenvalue weighted by Crippen LogP contribution is 2.14. The number of nitrogens with one attached hydrogen (secondary N) is 1. The zero-order valence-electron chi connectivity index (χ0n) is 14.7. The number of carbonyl (C=O) groups is 1. The normalized spacial score (nSPS) is 11.5. The molecule has 0 aliphatic rings. The van der Waals surface area contributed by atoms with Crippen LogP contribution >= 0.6 is 0 Å². The second-order valence-corrected chi connectivity index (χ2v) is 8.11. The Morgan fingerprint density at radius 3 is 2.44 bits per heavy atom. The minimum Gasteiger partial charge on any atom is -0.326 e. The van der Waals surface area contributed by atoms with Gasteiger partial charge in [0.1, 0.15) is 0 Å². The molecule has 1 aromatic carbocycles. The van der Waals surface area contributed by atoms with Gasteiger partial charge in [0.05, 0.1) is 6.26 Å². The monoisotopic (exact) mass is 361 g/mol. The number of benzene rings is 1. The summed E-state index contributed by atoms with van der Waals surface area (Å²) in [5.74, 6) is -0.218. The summed E-state index contributed by atoms with van der Waals surface area (Å²) in [5, 5.41) is 2.82. The van der Waals surface area contributed by atoms with Gasteiger partial charge in [-0.05, 0) is 48.7 Å². The minimum atomic E-state index is -3.42. The summed E-state index contributed by atoms with van der Waals surface area (Å²) < 4.78 is 25.2. The van der Waals surface area contributed by atoms with E-state index >= 15 is 0 Å². The van der Waals surface area contributed by atoms with E-state index in [1.165, 1.54) is 4.31 Å². The van der Waals surface area contributed by atoms with Gasteiger partial charge in [-0.25, -0.2) is 8.42 Å². The fourth-order valence-corrected chi connectivity index (χ4v) is 3.36. The first-order valence-electron chi connectivity index (χ1n) is 7.96. The van der Waals surface area contributed by atoms with Crippen molar-refractivity contribution in [3.05, 3.63) is 59.4 Å². The van der Waals surface area contributed by atoms with Gasteiger partial charge in [-0.3, -0.25) is 9.78 Å². The van der Waals surface area contributed by atoms with Gasteiger partial charge in [0.25, 0.3) is 0 Å². The van der Waals surface area contributed by atoms with E-state index in [0.29, 0.717) is 0 Å². The molecule has 0 saturated carbocycles. The van der Waals surface area contributed by atoms with Crippen molar-refractivity contribution in [2.45, 2.75) is 26.8 Å². The van der Waals surface area contributed by atoms with Crippen molar-refractivity contribution in [2.75, 3.05) is 18.1 Å². The van der Waals surface area contributed by atoms with Gasteiger partial charge in [0, 0.05) is 37.6 Å². The van der Waals surface area contributed by atoms with E-state index in [1.807, 2.05) is 32.0 Å². The Labute approximate surface area is 148 Å². The summed E-state index contributed by atoms with van der Waals surface area (Å²) in [6.45, 7) is 4.23. The summed E-state index contributed by atoms with van der Waals surface area (Å²) in [6, 6.07) is 9.35. The molecule has 25 heavy (non-hydrogen) atoms. The summed E-state index contributed by atoms with van der Waals surface area (Å²) in [4.78, 5) is 16.2. The molecule has 1 N–H and O–H groups in total. The van der Waals surface area contributed by atoms with Gasteiger partial charge in [-0.1, -0.05) is 12.1 Å². The fourth-order valence-electron chi connectivity index (χ4n) is 2.55. The quantitative estimate of drug-likeness (QED) is 0.822. The van der Waals surface area contributed by atoms with Crippen molar-refractivity contribution < 1.29 is 13.2 Å². The van der Waals surface area contributed by atoms with E-state index < -0.39 is 10.0 Å². The third kappa shape index (κ3) is 6.28. The Morgan fingerprint density at radius 2 is 1.88 bits per heavy atom. The lowest BCUT2D eigenvalue weighted by atomic mass is 10.1. The average Bonchev–Trinajstić information content (AvgIpc) is 2.50. The van der Waals surface area contributed by atoms with Crippen molar-refractivity contribution in [1.29, 1.82) is 0 Å². The predicted octanol–water partition coefficient (Wildman–Crippen LogP) is 2.49. The van der Waals surface area contributed by atoms with E-state index in [4.69, 9.17) is 0 Å². The molecule has 2 rings (SSSR count). The van der Waals surface area contributed by atoms with Crippen LogP contribution in [-0.4, -0.2) is 36.4 Å². The lowest BCUT2D eigenvalue weighted by molar-refractivity contribution is -0.116. The molecule has 0 fully saturated rings. The molecule has 0 atom stereocenters. The first kappa shape index (κ1) is 19.1. The number of carbonyl (C=O) groups excluding carboxylic acids is 1. The van der Waals surface area contributed by atoms with Crippen LogP contribution in [0.5, 0.6) is 0 Å². The number of anilines is 1. The third-order valence-electron chi connectivity index (χ3n) is 3.64. The lowest BCUT2D eigenvalue weighted by Gasteiger charge is -2.19. The number of aromatic nitrogens is 1. The molecular formula is C18H23N3O3S. The molecule has 1 heterocycles. The second kappa shape index (κ2) is 8.22. The van der Waals surface area contributed by atoms with Crippen LogP contribution in [-0.2, 0) is 21.4 Å². The summed E-state index contributed by atoms with van der Waals surface area (Å²) in [7, 11) is -3.42. The van der Waals surface area contributed by atoms with Crippen molar-refractivity contribution in [3.8, 4) is 0 Å². The fraction of sp³-hybridized carbons (Fsp3) is 0.333. The third-order valence-corrected chi connectivity index (χ3v) is 4.89. The Hall–Kier alpha value is -2.25. The molecule has 6 nitrogen and oxygen atoms in total. The molecule has 0 aliphatic heterocycles. The van der Waals surface area contributed by atoms with Crippen LogP contribution in [0.3, 0.4) is 0 Å². The maximum absolute atomic E-state index is 12.2. The van der Waals surface area contributed by atoms with Crippen LogP contribution < -0.4 is 5.32 Å². The number of sulfonamides is 1. The highest BCUT2D eigenvalue weighted by molar-refractivity contribution is 7.88. The number of aryl methyl sites for hydroxylation is 2. The van der Waals surface area contributed by atoms with Crippen molar-refractivity contribution in [2.24, 2.45) is 0 Å². The molecule has 0 saturated heterocycles. The lowest BCUT2D eigenvalue weighted by Crippen LogP contribution is -2.32. The van der Waals surface area contributed by atoms with Gasteiger partial charge < -0.3 is 5.32 Å². The molecule has 0 radical (unpaired) electrons. The van der Waals surface area contributed by atoms with Crippen molar-refractivity contribution in [1.82, 2.24) is 9.29 Å². The summed E-state index contributed by atoms with van der Waals surface area (Å²) in [5.41, 5.74) is 3.62. The molecule has 7 heteroatoms. The molecule has 134 valence electrons. The highest BCUT2D eigenvalue weighted by Gasteiger charge is 2.18. The van der Waals surface area contributed by atoms with Gasteiger partial charge in [0.2, 0.25) is 15.9 Å². The number of rotatable bonds is 7. The first-order valence-corrected chi connectivity index (χ1v) is 9.81. The van der Waals surface area contributed by atoms with E-state index in [1.54, 1.807) is 24.5 Å². The van der Waals surface area contributed by atoms with Crippen LogP contribution in [0.25, 0.3) is 0 Å². The minimum absolute atomic E-state index is 0.0837. The molecule has 0 aliphatic carbocycles. The first-order chi connectivity index (χ1) is 11.7. The molecule has 0 unspecified atom stereocenters. The maximum Gasteiger partial charge on any atom is 0.225 e. The second-order valence-electron chi connectivity index (χ2n) is 6.13. The van der Waals surface area contributed by atoms with E-state index in [0.717, 1.165) is 28.6 Å². The van der Waals surface area contributed by atoms with Crippen molar-refractivity contribution in [3.63, 3.8) is 0 Å². The number of hydrogen-bond acceptors (Lipinski definition) is 4. The molecule has 0 spiro atoms. The summed E-state index contributed by atoms with van der Waals surface area (Å²) in [6.07, 6.45) is 4.48. The van der Waals surface area contributed by atoms with Gasteiger partial charge in [-0.15, -0.1) is 0 Å². The smallest absolute Gasteiger partial charge is 0.225 e. The largest absolute Gasteiger partial charge is 0.326 e. The van der Waals surface area contributed by atoms with Crippen LogP contribution in [0.4, 0.5) is 5.69 Å². The molecule has 1 aromatic heterocycles. The molecule has 1 amide bonds. The molecule has 2 aromatic rings. The number of hydrogen-bond donors (Lipinski definition) is 1. The topological polar surface area (TPSA) is 79.4 Å². The van der Waals surface area contributed by atoms with Crippen molar-refractivity contribution >= 4 is 21.6 Å². The number of amides is 1. The number of nitrogens with zero attached hydrogens (tertiary/aromatic N) is 2. The summed E-state index contributed by atoms with van der Waals surface area (Å²) >= 11 is 0. The maximum atomic E-state index is 12.2. The highest BCUT2D eigenvalue weighted by atomic mass is 32.2. The SMILES string of the molecule is Cc1cc(C)cc(NC(=O)CCN(Cc2cccnc2)S(C)(=O)=O)c1. The average molecular weight is 361 g/mol. The van der Waals surface area contributed by atoms with E-state index in [9.17, 15) is 13.2 Å². The Kier molecular flexibility index (Phi) is 6.27.